The smallest absolute Gasteiger partial charge is 0.273 e. The second kappa shape index (κ2) is 7.43. The first-order chi connectivity index (χ1) is 12.3. The highest BCUT2D eigenvalue weighted by atomic mass is 32.1. The van der Waals surface area contributed by atoms with Crippen LogP contribution in [-0.2, 0) is 11.3 Å². The number of hydrogen-bond acceptors (Lipinski definition) is 6. The summed E-state index contributed by atoms with van der Waals surface area (Å²) in [5.74, 6) is -0.00784. The second-order valence-corrected chi connectivity index (χ2v) is 7.66. The third-order valence-corrected chi connectivity index (χ3v) is 5.98. The van der Waals surface area contributed by atoms with Crippen LogP contribution >= 0.6 is 22.7 Å². The van der Waals surface area contributed by atoms with Gasteiger partial charge in [0.15, 0.2) is 0 Å². The lowest BCUT2D eigenvalue weighted by Crippen LogP contribution is -2.30. The van der Waals surface area contributed by atoms with Crippen LogP contribution in [0.4, 0.5) is 0 Å². The molecular formula is C18H17N3O2S2. The van der Waals surface area contributed by atoms with E-state index in [-0.39, 0.29) is 12.0 Å². The molecular weight excluding hydrogens is 354 g/mol. The fourth-order valence-electron chi connectivity index (χ4n) is 2.79. The van der Waals surface area contributed by atoms with Gasteiger partial charge < -0.3 is 9.64 Å². The molecule has 1 aliphatic heterocycles. The molecule has 1 saturated heterocycles. The Balaban J connectivity index is 1.34. The molecule has 0 unspecified atom stereocenters. The molecule has 5 nitrogen and oxygen atoms in total. The maximum Gasteiger partial charge on any atom is 0.273 e. The number of amides is 1. The Kier molecular flexibility index (Phi) is 4.87. The van der Waals surface area contributed by atoms with Crippen LogP contribution in [0.3, 0.4) is 0 Å². The molecule has 0 N–H and O–H groups in total. The highest BCUT2D eigenvalue weighted by Crippen LogP contribution is 2.28. The Morgan fingerprint density at radius 2 is 2.28 bits per heavy atom. The van der Waals surface area contributed by atoms with Crippen LogP contribution in [0.5, 0.6) is 0 Å². The number of aromatic nitrogens is 2. The van der Waals surface area contributed by atoms with Crippen molar-refractivity contribution in [1.29, 1.82) is 0 Å². The van der Waals surface area contributed by atoms with Crippen molar-refractivity contribution in [2.24, 2.45) is 0 Å². The summed E-state index contributed by atoms with van der Waals surface area (Å²) < 4.78 is 5.92. The average molecular weight is 371 g/mol. The lowest BCUT2D eigenvalue weighted by Gasteiger charge is -2.15. The maximum absolute atomic E-state index is 12.7. The molecule has 0 aromatic carbocycles. The number of thiazole rings is 1. The third-order valence-electron chi connectivity index (χ3n) is 4.10. The van der Waals surface area contributed by atoms with Gasteiger partial charge in [-0.15, -0.1) is 22.7 Å². The number of hydrogen-bond donors (Lipinski definition) is 0. The minimum absolute atomic E-state index is 0.00784. The van der Waals surface area contributed by atoms with Gasteiger partial charge in [0, 0.05) is 30.9 Å². The van der Waals surface area contributed by atoms with E-state index in [9.17, 15) is 4.79 Å². The first kappa shape index (κ1) is 16.4. The first-order valence-corrected chi connectivity index (χ1v) is 9.85. The van der Waals surface area contributed by atoms with Crippen LogP contribution in [0.25, 0.3) is 9.88 Å². The predicted molar refractivity (Wildman–Crippen MR) is 98.8 cm³/mol. The van der Waals surface area contributed by atoms with Gasteiger partial charge >= 0.3 is 0 Å². The van der Waals surface area contributed by atoms with Crippen LogP contribution in [0.2, 0.25) is 0 Å². The number of likely N-dealkylation sites (tertiary alicyclic amines) is 1. The molecule has 128 valence electrons. The number of nitrogens with zero attached hydrogens (tertiary/aromatic N) is 3. The Morgan fingerprint density at radius 1 is 1.32 bits per heavy atom. The molecule has 25 heavy (non-hydrogen) atoms. The van der Waals surface area contributed by atoms with Crippen molar-refractivity contribution in [3.05, 3.63) is 58.7 Å². The second-order valence-electron chi connectivity index (χ2n) is 5.85. The van der Waals surface area contributed by atoms with Crippen LogP contribution in [0, 0.1) is 0 Å². The van der Waals surface area contributed by atoms with E-state index in [0.717, 1.165) is 21.9 Å². The van der Waals surface area contributed by atoms with Crippen LogP contribution in [-0.4, -0.2) is 40.0 Å². The molecule has 4 rings (SSSR count). The Hall–Kier alpha value is -2.09. The highest BCUT2D eigenvalue weighted by molar-refractivity contribution is 7.20. The molecule has 0 spiro atoms. The van der Waals surface area contributed by atoms with E-state index in [1.54, 1.807) is 23.7 Å². The van der Waals surface area contributed by atoms with Crippen molar-refractivity contribution in [3.63, 3.8) is 0 Å². The molecule has 1 atom stereocenters. The summed E-state index contributed by atoms with van der Waals surface area (Å²) in [5, 5.41) is 4.77. The van der Waals surface area contributed by atoms with Crippen molar-refractivity contribution >= 4 is 28.6 Å². The standard InChI is InChI=1S/C18H17N3O2S2/c22-18(15-12-25-17(20-15)16-4-2-8-24-16)21-7-5-14(10-21)23-11-13-3-1-6-19-9-13/h1-4,6,8-9,12,14H,5,7,10-11H2/t14-/m1/s1. The molecule has 1 aliphatic rings. The summed E-state index contributed by atoms with van der Waals surface area (Å²) in [7, 11) is 0. The fourth-order valence-corrected chi connectivity index (χ4v) is 4.40. The molecule has 0 radical (unpaired) electrons. The summed E-state index contributed by atoms with van der Waals surface area (Å²) in [6.45, 7) is 1.85. The first-order valence-electron chi connectivity index (χ1n) is 8.09. The van der Waals surface area contributed by atoms with E-state index in [2.05, 4.69) is 9.97 Å². The number of carbonyl (C=O) groups is 1. The van der Waals surface area contributed by atoms with Gasteiger partial charge in [-0.1, -0.05) is 12.1 Å². The minimum Gasteiger partial charge on any atom is -0.372 e. The van der Waals surface area contributed by atoms with Crippen LogP contribution in [0.15, 0.2) is 47.4 Å². The zero-order valence-electron chi connectivity index (χ0n) is 13.5. The van der Waals surface area contributed by atoms with Gasteiger partial charge in [0.25, 0.3) is 5.91 Å². The van der Waals surface area contributed by atoms with Gasteiger partial charge in [-0.2, -0.15) is 0 Å². The van der Waals surface area contributed by atoms with Crippen molar-refractivity contribution < 1.29 is 9.53 Å². The zero-order valence-corrected chi connectivity index (χ0v) is 15.1. The third kappa shape index (κ3) is 3.78. The molecule has 7 heteroatoms. The number of thiophene rings is 1. The van der Waals surface area contributed by atoms with Crippen LogP contribution < -0.4 is 0 Å². The predicted octanol–water partition coefficient (Wildman–Crippen LogP) is 3.70. The number of carbonyl (C=O) groups excluding carboxylic acids is 1. The van der Waals surface area contributed by atoms with Crippen molar-refractivity contribution in [1.82, 2.24) is 14.9 Å². The molecule has 0 bridgehead atoms. The van der Waals surface area contributed by atoms with E-state index in [1.807, 2.05) is 39.9 Å². The Morgan fingerprint density at radius 3 is 3.08 bits per heavy atom. The number of pyridine rings is 1. The normalized spacial score (nSPS) is 17.1. The lowest BCUT2D eigenvalue weighted by atomic mass is 10.3. The van der Waals surface area contributed by atoms with E-state index in [0.29, 0.717) is 25.4 Å². The molecule has 4 heterocycles. The summed E-state index contributed by atoms with van der Waals surface area (Å²) in [6.07, 6.45) is 4.48. The monoisotopic (exact) mass is 371 g/mol. The SMILES string of the molecule is O=C(c1csc(-c2cccs2)n1)N1CC[C@@H](OCc2cccnc2)C1. The summed E-state index contributed by atoms with van der Waals surface area (Å²) in [6, 6.07) is 7.91. The highest BCUT2D eigenvalue weighted by Gasteiger charge is 2.28. The van der Waals surface area contributed by atoms with Crippen molar-refractivity contribution in [2.75, 3.05) is 13.1 Å². The van der Waals surface area contributed by atoms with E-state index in [4.69, 9.17) is 4.74 Å². The quantitative estimate of drug-likeness (QED) is 0.686. The topological polar surface area (TPSA) is 55.3 Å². The van der Waals surface area contributed by atoms with Gasteiger partial charge in [0.05, 0.1) is 17.6 Å². The summed E-state index contributed by atoms with van der Waals surface area (Å²) >= 11 is 3.15. The maximum atomic E-state index is 12.7. The van der Waals surface area contributed by atoms with E-state index in [1.165, 1.54) is 11.3 Å². The van der Waals surface area contributed by atoms with E-state index < -0.39 is 0 Å². The van der Waals surface area contributed by atoms with Crippen molar-refractivity contribution in [3.8, 4) is 9.88 Å². The fraction of sp³-hybridized carbons (Fsp3) is 0.278. The number of rotatable bonds is 5. The largest absolute Gasteiger partial charge is 0.372 e. The van der Waals surface area contributed by atoms with Gasteiger partial charge in [0.1, 0.15) is 10.7 Å². The van der Waals surface area contributed by atoms with Crippen LogP contribution in [0.1, 0.15) is 22.5 Å². The number of ether oxygens (including phenoxy) is 1. The summed E-state index contributed by atoms with van der Waals surface area (Å²) in [5.41, 5.74) is 1.58. The van der Waals surface area contributed by atoms with Gasteiger partial charge in [-0.05, 0) is 29.5 Å². The molecule has 1 fully saturated rings. The van der Waals surface area contributed by atoms with Gasteiger partial charge in [-0.3, -0.25) is 9.78 Å². The molecule has 0 saturated carbocycles. The van der Waals surface area contributed by atoms with Gasteiger partial charge in [-0.25, -0.2) is 4.98 Å². The minimum atomic E-state index is -0.00784. The zero-order chi connectivity index (χ0) is 17.1. The molecule has 3 aromatic heterocycles. The molecule has 3 aromatic rings. The lowest BCUT2D eigenvalue weighted by molar-refractivity contribution is 0.0435. The average Bonchev–Trinajstić information content (AvgIpc) is 3.41. The Bertz CT molecular complexity index is 833. The summed E-state index contributed by atoms with van der Waals surface area (Å²) in [4.78, 5) is 24.2. The Labute approximate surface area is 153 Å². The van der Waals surface area contributed by atoms with E-state index >= 15 is 0 Å². The van der Waals surface area contributed by atoms with Gasteiger partial charge in [0.2, 0.25) is 0 Å². The molecule has 1 amide bonds. The van der Waals surface area contributed by atoms with Crippen molar-refractivity contribution in [2.45, 2.75) is 19.1 Å². The molecule has 0 aliphatic carbocycles.